The van der Waals surface area contributed by atoms with E-state index in [-0.39, 0.29) is 23.9 Å². The van der Waals surface area contributed by atoms with Gasteiger partial charge in [-0.25, -0.2) is 0 Å². The molecule has 2 amide bonds. The van der Waals surface area contributed by atoms with Crippen LogP contribution in [-0.4, -0.2) is 29.9 Å². The van der Waals surface area contributed by atoms with Gasteiger partial charge in [0.2, 0.25) is 5.91 Å². The number of thiophene rings is 1. The van der Waals surface area contributed by atoms with Crippen molar-refractivity contribution in [3.63, 3.8) is 0 Å². The van der Waals surface area contributed by atoms with Gasteiger partial charge in [-0.15, -0.1) is 11.3 Å². The maximum atomic E-state index is 12.8. The van der Waals surface area contributed by atoms with Crippen molar-refractivity contribution in [2.24, 2.45) is 5.73 Å². The van der Waals surface area contributed by atoms with E-state index in [9.17, 15) is 9.59 Å². The van der Waals surface area contributed by atoms with Crippen LogP contribution in [0.15, 0.2) is 47.8 Å². The first-order valence-corrected chi connectivity index (χ1v) is 9.94. The molecular formula is C20H25N3O2S. The molecule has 1 saturated carbocycles. The van der Waals surface area contributed by atoms with Crippen molar-refractivity contribution in [2.75, 3.05) is 0 Å². The summed E-state index contributed by atoms with van der Waals surface area (Å²) in [5, 5.41) is 7.86. The van der Waals surface area contributed by atoms with Crippen molar-refractivity contribution in [2.45, 2.75) is 50.2 Å². The van der Waals surface area contributed by atoms with Gasteiger partial charge in [0.1, 0.15) is 6.04 Å². The second kappa shape index (κ2) is 8.96. The highest BCUT2D eigenvalue weighted by molar-refractivity contribution is 7.12. The fourth-order valence-electron chi connectivity index (χ4n) is 3.26. The Hall–Kier alpha value is -2.18. The van der Waals surface area contributed by atoms with Crippen LogP contribution in [0.25, 0.3) is 0 Å². The fraction of sp³-hybridized carbons (Fsp3) is 0.400. The molecule has 1 aliphatic rings. The molecule has 4 N–H and O–H groups in total. The van der Waals surface area contributed by atoms with E-state index in [1.165, 1.54) is 11.3 Å². The summed E-state index contributed by atoms with van der Waals surface area (Å²) in [4.78, 5) is 25.9. The monoisotopic (exact) mass is 371 g/mol. The number of nitrogens with two attached hydrogens (primary N) is 1. The maximum absolute atomic E-state index is 12.8. The Morgan fingerprint density at radius 3 is 2.46 bits per heavy atom. The highest BCUT2D eigenvalue weighted by Gasteiger charge is 2.26. The first-order chi connectivity index (χ1) is 12.6. The molecule has 138 valence electrons. The molecule has 6 heteroatoms. The smallest absolute Gasteiger partial charge is 0.262 e. The molecule has 0 bridgehead atoms. The molecule has 0 saturated heterocycles. The summed E-state index contributed by atoms with van der Waals surface area (Å²) < 4.78 is 0. The molecule has 1 aromatic carbocycles. The largest absolute Gasteiger partial charge is 0.352 e. The minimum Gasteiger partial charge on any atom is -0.352 e. The van der Waals surface area contributed by atoms with Crippen LogP contribution >= 0.6 is 11.3 Å². The first-order valence-electron chi connectivity index (χ1n) is 9.06. The molecule has 1 fully saturated rings. The van der Waals surface area contributed by atoms with Crippen molar-refractivity contribution in [1.82, 2.24) is 10.6 Å². The normalized spacial score (nSPS) is 21.0. The number of amides is 2. The van der Waals surface area contributed by atoms with E-state index in [4.69, 9.17) is 5.73 Å². The van der Waals surface area contributed by atoms with Crippen molar-refractivity contribution in [3.8, 4) is 0 Å². The number of hydrogen-bond acceptors (Lipinski definition) is 4. The lowest BCUT2D eigenvalue weighted by molar-refractivity contribution is -0.123. The van der Waals surface area contributed by atoms with Crippen LogP contribution in [0.4, 0.5) is 0 Å². The Kier molecular flexibility index (Phi) is 6.41. The lowest BCUT2D eigenvalue weighted by atomic mass is 9.91. The lowest BCUT2D eigenvalue weighted by Crippen LogP contribution is -2.51. The second-order valence-electron chi connectivity index (χ2n) is 6.81. The average Bonchev–Trinajstić information content (AvgIpc) is 3.19. The molecular weight excluding hydrogens is 346 g/mol. The van der Waals surface area contributed by atoms with Crippen LogP contribution in [0, 0.1) is 0 Å². The quantitative estimate of drug-likeness (QED) is 0.729. The third-order valence-corrected chi connectivity index (χ3v) is 5.64. The zero-order valence-corrected chi connectivity index (χ0v) is 15.5. The van der Waals surface area contributed by atoms with Crippen LogP contribution in [0.1, 0.15) is 40.9 Å². The van der Waals surface area contributed by atoms with Gasteiger partial charge in [0, 0.05) is 18.5 Å². The zero-order valence-electron chi connectivity index (χ0n) is 14.7. The van der Waals surface area contributed by atoms with Crippen LogP contribution in [-0.2, 0) is 11.2 Å². The van der Waals surface area contributed by atoms with Crippen molar-refractivity contribution in [1.29, 1.82) is 0 Å². The zero-order chi connectivity index (χ0) is 18.4. The van der Waals surface area contributed by atoms with E-state index < -0.39 is 6.04 Å². The van der Waals surface area contributed by atoms with Crippen LogP contribution < -0.4 is 16.4 Å². The number of rotatable bonds is 6. The van der Waals surface area contributed by atoms with Crippen LogP contribution in [0.2, 0.25) is 0 Å². The predicted molar refractivity (Wildman–Crippen MR) is 104 cm³/mol. The molecule has 2 aromatic rings. The molecule has 0 spiro atoms. The van der Waals surface area contributed by atoms with Gasteiger partial charge in [0.05, 0.1) is 4.88 Å². The van der Waals surface area contributed by atoms with Crippen molar-refractivity contribution < 1.29 is 9.59 Å². The molecule has 1 heterocycles. The Morgan fingerprint density at radius 1 is 1.08 bits per heavy atom. The lowest BCUT2D eigenvalue weighted by Gasteiger charge is -2.28. The van der Waals surface area contributed by atoms with E-state index in [0.29, 0.717) is 11.3 Å². The highest BCUT2D eigenvalue weighted by Crippen LogP contribution is 2.17. The summed E-state index contributed by atoms with van der Waals surface area (Å²) in [5.74, 6) is -0.332. The molecule has 3 rings (SSSR count). The Morgan fingerprint density at radius 2 is 1.81 bits per heavy atom. The van der Waals surface area contributed by atoms with Crippen LogP contribution in [0.5, 0.6) is 0 Å². The first kappa shape index (κ1) is 18.6. The van der Waals surface area contributed by atoms with E-state index >= 15 is 0 Å². The minimum atomic E-state index is -0.595. The van der Waals surface area contributed by atoms with E-state index in [1.807, 2.05) is 41.8 Å². The van der Waals surface area contributed by atoms with Gasteiger partial charge in [0.25, 0.3) is 5.91 Å². The van der Waals surface area contributed by atoms with Gasteiger partial charge in [-0.1, -0.05) is 36.4 Å². The molecule has 0 aliphatic heterocycles. The van der Waals surface area contributed by atoms with Gasteiger partial charge in [0.15, 0.2) is 0 Å². The van der Waals surface area contributed by atoms with E-state index in [1.54, 1.807) is 6.07 Å². The Labute approximate surface area is 158 Å². The third kappa shape index (κ3) is 5.16. The Balaban J connectivity index is 1.67. The summed E-state index contributed by atoms with van der Waals surface area (Å²) in [6, 6.07) is 13.1. The highest BCUT2D eigenvalue weighted by atomic mass is 32.1. The van der Waals surface area contributed by atoms with Gasteiger partial charge in [-0.2, -0.15) is 0 Å². The number of carbonyl (C=O) groups excluding carboxylic acids is 2. The molecule has 1 aromatic heterocycles. The average molecular weight is 372 g/mol. The molecule has 1 unspecified atom stereocenters. The summed E-state index contributed by atoms with van der Waals surface area (Å²) >= 11 is 1.37. The van der Waals surface area contributed by atoms with Crippen molar-refractivity contribution in [3.05, 3.63) is 58.3 Å². The third-order valence-electron chi connectivity index (χ3n) is 4.77. The van der Waals surface area contributed by atoms with Gasteiger partial charge in [-0.3, -0.25) is 9.59 Å². The van der Waals surface area contributed by atoms with Crippen LogP contribution in [0.3, 0.4) is 0 Å². The SMILES string of the molecule is NC1CCC(NC(=O)C(Cc2ccccc2)NC(=O)c2cccs2)CC1. The number of carbonyl (C=O) groups is 2. The Bertz CT molecular complexity index is 710. The number of hydrogen-bond donors (Lipinski definition) is 3. The molecule has 0 radical (unpaired) electrons. The van der Waals surface area contributed by atoms with Gasteiger partial charge in [-0.05, 0) is 42.7 Å². The molecule has 1 atom stereocenters. The summed E-state index contributed by atoms with van der Waals surface area (Å²) in [5.41, 5.74) is 6.96. The van der Waals surface area contributed by atoms with Gasteiger partial charge < -0.3 is 16.4 Å². The standard InChI is InChI=1S/C20H25N3O2S/c21-15-8-10-16(11-9-15)22-19(24)17(13-14-5-2-1-3-6-14)23-20(25)18-7-4-12-26-18/h1-7,12,15-17H,8-11,13,21H2,(H,22,24)(H,23,25). The van der Waals surface area contributed by atoms with E-state index in [0.717, 1.165) is 31.2 Å². The molecule has 26 heavy (non-hydrogen) atoms. The summed E-state index contributed by atoms with van der Waals surface area (Å²) in [6.45, 7) is 0. The van der Waals surface area contributed by atoms with Crippen molar-refractivity contribution >= 4 is 23.2 Å². The summed E-state index contributed by atoms with van der Waals surface area (Å²) in [6.07, 6.45) is 4.11. The topological polar surface area (TPSA) is 84.2 Å². The van der Waals surface area contributed by atoms with Gasteiger partial charge >= 0.3 is 0 Å². The van der Waals surface area contributed by atoms with E-state index in [2.05, 4.69) is 10.6 Å². The number of benzene rings is 1. The fourth-order valence-corrected chi connectivity index (χ4v) is 3.89. The minimum absolute atomic E-state index is 0.126. The molecule has 1 aliphatic carbocycles. The summed E-state index contributed by atoms with van der Waals surface area (Å²) in [7, 11) is 0. The number of nitrogens with one attached hydrogen (secondary N) is 2. The maximum Gasteiger partial charge on any atom is 0.262 e. The predicted octanol–water partition coefficient (Wildman–Crippen LogP) is 2.48. The molecule has 5 nitrogen and oxygen atoms in total. The second-order valence-corrected chi connectivity index (χ2v) is 7.76.